The van der Waals surface area contributed by atoms with E-state index in [0.29, 0.717) is 5.91 Å². The molecule has 0 radical (unpaired) electrons. The van der Waals surface area contributed by atoms with Gasteiger partial charge in [0.05, 0.1) is 12.1 Å². The van der Waals surface area contributed by atoms with Crippen LogP contribution < -0.4 is 5.32 Å². The molecule has 0 aromatic carbocycles. The second kappa shape index (κ2) is 5.77. The maximum atomic E-state index is 12.0. The molecule has 116 valence electrons. The second-order valence-electron chi connectivity index (χ2n) is 7.67. The third-order valence-corrected chi connectivity index (χ3v) is 9.66. The van der Waals surface area contributed by atoms with Crippen molar-refractivity contribution in [1.82, 2.24) is 10.2 Å². The van der Waals surface area contributed by atoms with Crippen LogP contribution in [0.15, 0.2) is 0 Å². The summed E-state index contributed by atoms with van der Waals surface area (Å²) in [6, 6.07) is 0.278. The number of likely N-dealkylation sites (tertiary alicyclic amines) is 1. The zero-order valence-corrected chi connectivity index (χ0v) is 14.7. The smallest absolute Gasteiger partial charge is 0.222 e. The van der Waals surface area contributed by atoms with Crippen LogP contribution in [0.1, 0.15) is 40.0 Å². The zero-order valence-electron chi connectivity index (χ0n) is 13.7. The predicted molar refractivity (Wildman–Crippen MR) is 84.3 cm³/mol. The van der Waals surface area contributed by atoms with Crippen molar-refractivity contribution in [3.05, 3.63) is 0 Å². The predicted octanol–water partition coefficient (Wildman–Crippen LogP) is 2.36. The zero-order chi connectivity index (χ0) is 15.0. The van der Waals surface area contributed by atoms with Crippen LogP contribution in [0.4, 0.5) is 0 Å². The molecule has 5 heteroatoms. The summed E-state index contributed by atoms with van der Waals surface area (Å²) in [6.07, 6.45) is 2.91. The van der Waals surface area contributed by atoms with Gasteiger partial charge in [-0.3, -0.25) is 4.79 Å². The Balaban J connectivity index is 2.09. The van der Waals surface area contributed by atoms with Crippen molar-refractivity contribution >= 4 is 14.2 Å². The van der Waals surface area contributed by atoms with Crippen LogP contribution in [0.2, 0.25) is 18.1 Å². The fourth-order valence-electron chi connectivity index (χ4n) is 2.87. The minimum absolute atomic E-state index is 0.159. The molecule has 2 rings (SSSR count). The molecule has 2 saturated heterocycles. The molecule has 1 N–H and O–H groups in total. The highest BCUT2D eigenvalue weighted by Crippen LogP contribution is 2.38. The Bertz CT molecular complexity index is 365. The van der Waals surface area contributed by atoms with Crippen molar-refractivity contribution in [3.63, 3.8) is 0 Å². The Hall–Kier alpha value is -0.393. The first-order chi connectivity index (χ1) is 9.22. The maximum absolute atomic E-state index is 12.0. The molecule has 4 nitrogen and oxygen atoms in total. The lowest BCUT2D eigenvalue weighted by Gasteiger charge is -2.45. The van der Waals surface area contributed by atoms with Gasteiger partial charge >= 0.3 is 0 Å². The fourth-order valence-corrected chi connectivity index (χ4v) is 4.22. The summed E-state index contributed by atoms with van der Waals surface area (Å²) >= 11 is 0. The molecule has 0 spiro atoms. The van der Waals surface area contributed by atoms with Crippen LogP contribution in [0.5, 0.6) is 0 Å². The number of nitrogens with zero attached hydrogens (tertiary/aromatic N) is 1. The van der Waals surface area contributed by atoms with E-state index in [1.54, 1.807) is 0 Å². The van der Waals surface area contributed by atoms with E-state index >= 15 is 0 Å². The molecule has 0 aromatic rings. The van der Waals surface area contributed by atoms with Crippen molar-refractivity contribution in [2.24, 2.45) is 0 Å². The van der Waals surface area contributed by atoms with Gasteiger partial charge < -0.3 is 14.6 Å². The average Bonchev–Trinajstić information content (AvgIpc) is 2.74. The van der Waals surface area contributed by atoms with Crippen molar-refractivity contribution in [2.45, 2.75) is 70.3 Å². The Morgan fingerprint density at radius 3 is 2.60 bits per heavy atom. The topological polar surface area (TPSA) is 41.6 Å². The van der Waals surface area contributed by atoms with Gasteiger partial charge in [0.2, 0.25) is 5.91 Å². The molecule has 2 atom stereocenters. The molecule has 2 aliphatic heterocycles. The maximum Gasteiger partial charge on any atom is 0.222 e. The number of nitrogens with one attached hydrogen (secondary N) is 1. The standard InChI is InChI=1S/C15H30N2O2Si/c1-15(2,3)20(4,5)19-13-11-16-9-8-12(13)17-10-6-7-14(17)18/h12-13,16H,6-11H2,1-5H3/t12-,13-/m0/s1. The summed E-state index contributed by atoms with van der Waals surface area (Å²) in [5.41, 5.74) is 0. The first-order valence-electron chi connectivity index (χ1n) is 7.90. The fraction of sp³-hybridized carbons (Fsp3) is 0.933. The highest BCUT2D eigenvalue weighted by molar-refractivity contribution is 6.74. The Kier molecular flexibility index (Phi) is 4.62. The van der Waals surface area contributed by atoms with Gasteiger partial charge in [-0.1, -0.05) is 20.8 Å². The van der Waals surface area contributed by atoms with Crippen molar-refractivity contribution in [2.75, 3.05) is 19.6 Å². The average molecular weight is 299 g/mol. The first-order valence-corrected chi connectivity index (χ1v) is 10.8. The highest BCUT2D eigenvalue weighted by Gasteiger charge is 2.43. The SMILES string of the molecule is CC(C)(C)[Si](C)(C)O[C@H]1CNCC[C@@H]1N1CCCC1=O. The molecule has 0 saturated carbocycles. The molecule has 20 heavy (non-hydrogen) atoms. The molecular formula is C15H30N2O2Si. The van der Waals surface area contributed by atoms with E-state index in [4.69, 9.17) is 4.43 Å². The van der Waals surface area contributed by atoms with E-state index in [1.807, 2.05) is 0 Å². The molecule has 2 aliphatic rings. The molecule has 0 aliphatic carbocycles. The monoisotopic (exact) mass is 298 g/mol. The number of carbonyl (C=O) groups is 1. The minimum Gasteiger partial charge on any atom is -0.411 e. The lowest BCUT2D eigenvalue weighted by molar-refractivity contribution is -0.132. The van der Waals surface area contributed by atoms with Crippen LogP contribution in [0.3, 0.4) is 0 Å². The molecule has 0 aromatic heterocycles. The molecule has 0 bridgehead atoms. The lowest BCUT2D eigenvalue weighted by Crippen LogP contribution is -2.58. The van der Waals surface area contributed by atoms with E-state index in [0.717, 1.165) is 38.9 Å². The summed E-state index contributed by atoms with van der Waals surface area (Å²) in [6.45, 7) is 14.2. The molecule has 2 heterocycles. The number of amides is 1. The van der Waals surface area contributed by atoms with Crippen LogP contribution >= 0.6 is 0 Å². The van der Waals surface area contributed by atoms with Gasteiger partial charge in [-0.05, 0) is 37.5 Å². The van der Waals surface area contributed by atoms with Crippen LogP contribution in [-0.2, 0) is 9.22 Å². The van der Waals surface area contributed by atoms with Gasteiger partial charge in [0.1, 0.15) is 0 Å². The number of carbonyl (C=O) groups excluding carboxylic acids is 1. The van der Waals surface area contributed by atoms with Crippen molar-refractivity contribution in [3.8, 4) is 0 Å². The number of hydrogen-bond donors (Lipinski definition) is 1. The summed E-state index contributed by atoms with van der Waals surface area (Å²) < 4.78 is 6.60. The minimum atomic E-state index is -1.79. The molecule has 1 amide bonds. The summed E-state index contributed by atoms with van der Waals surface area (Å²) in [5, 5.41) is 3.65. The van der Waals surface area contributed by atoms with E-state index in [9.17, 15) is 4.79 Å². The first kappa shape index (κ1) is 16.0. The quantitative estimate of drug-likeness (QED) is 0.813. The van der Waals surface area contributed by atoms with Gasteiger partial charge in [0.15, 0.2) is 8.32 Å². The van der Waals surface area contributed by atoms with E-state index in [-0.39, 0.29) is 17.2 Å². The van der Waals surface area contributed by atoms with Crippen LogP contribution in [0.25, 0.3) is 0 Å². The Labute approximate surface area is 124 Å². The van der Waals surface area contributed by atoms with E-state index in [2.05, 4.69) is 44.1 Å². The van der Waals surface area contributed by atoms with E-state index in [1.165, 1.54) is 0 Å². The van der Waals surface area contributed by atoms with Gasteiger partial charge in [0.25, 0.3) is 0 Å². The highest BCUT2D eigenvalue weighted by atomic mass is 28.4. The Morgan fingerprint density at radius 2 is 2.05 bits per heavy atom. The van der Waals surface area contributed by atoms with E-state index < -0.39 is 8.32 Å². The van der Waals surface area contributed by atoms with Gasteiger partial charge in [0, 0.05) is 19.5 Å². The lowest BCUT2D eigenvalue weighted by atomic mass is 10.0. The van der Waals surface area contributed by atoms with Crippen LogP contribution in [-0.4, -0.2) is 50.9 Å². The normalized spacial score (nSPS) is 29.1. The molecule has 2 fully saturated rings. The Morgan fingerprint density at radius 1 is 1.35 bits per heavy atom. The summed E-state index contributed by atoms with van der Waals surface area (Å²) in [5.74, 6) is 0.320. The summed E-state index contributed by atoms with van der Waals surface area (Å²) in [4.78, 5) is 14.1. The van der Waals surface area contributed by atoms with Gasteiger partial charge in [-0.2, -0.15) is 0 Å². The molecular weight excluding hydrogens is 268 g/mol. The number of rotatable bonds is 3. The second-order valence-corrected chi connectivity index (χ2v) is 12.4. The third kappa shape index (κ3) is 3.26. The summed E-state index contributed by atoms with van der Waals surface area (Å²) in [7, 11) is -1.79. The van der Waals surface area contributed by atoms with Crippen molar-refractivity contribution < 1.29 is 9.22 Å². The van der Waals surface area contributed by atoms with Gasteiger partial charge in [-0.15, -0.1) is 0 Å². The number of hydrogen-bond acceptors (Lipinski definition) is 3. The van der Waals surface area contributed by atoms with Crippen molar-refractivity contribution in [1.29, 1.82) is 0 Å². The third-order valence-electron chi connectivity index (χ3n) is 5.15. The largest absolute Gasteiger partial charge is 0.411 e. The number of piperidine rings is 1. The van der Waals surface area contributed by atoms with Crippen LogP contribution in [0, 0.1) is 0 Å². The van der Waals surface area contributed by atoms with Gasteiger partial charge in [-0.25, -0.2) is 0 Å². The molecule has 0 unspecified atom stereocenters.